The van der Waals surface area contributed by atoms with Crippen molar-refractivity contribution in [1.82, 2.24) is 5.32 Å². The Balaban J connectivity index is 2.13. The van der Waals surface area contributed by atoms with E-state index in [1.165, 1.54) is 20.0 Å². The molecule has 1 saturated carbocycles. The zero-order chi connectivity index (χ0) is 14.6. The second-order valence-electron chi connectivity index (χ2n) is 5.75. The van der Waals surface area contributed by atoms with Gasteiger partial charge in [-0.1, -0.05) is 40.9 Å². The fourth-order valence-corrected chi connectivity index (χ4v) is 3.20. The van der Waals surface area contributed by atoms with E-state index in [0.717, 1.165) is 22.9 Å². The van der Waals surface area contributed by atoms with Gasteiger partial charge in [0.1, 0.15) is 5.54 Å². The minimum atomic E-state index is -0.655. The highest BCUT2D eigenvalue weighted by Crippen LogP contribution is 2.24. The topological polar surface area (TPSA) is 38.3 Å². The number of esters is 1. The Bertz CT molecular complexity index is 454. The first-order chi connectivity index (χ1) is 9.53. The van der Waals surface area contributed by atoms with Crippen molar-refractivity contribution in [3.8, 4) is 0 Å². The third-order valence-corrected chi connectivity index (χ3v) is 4.51. The molecule has 2 rings (SSSR count). The zero-order valence-electron chi connectivity index (χ0n) is 12.1. The molecule has 1 fully saturated rings. The molecule has 1 unspecified atom stereocenters. The van der Waals surface area contributed by atoms with Crippen LogP contribution >= 0.6 is 15.9 Å². The van der Waals surface area contributed by atoms with Crippen LogP contribution in [0.4, 0.5) is 0 Å². The summed E-state index contributed by atoms with van der Waals surface area (Å²) in [5, 5.41) is 3.52. The summed E-state index contributed by atoms with van der Waals surface area (Å²) in [6, 6.07) is 8.52. The summed E-state index contributed by atoms with van der Waals surface area (Å²) in [6.45, 7) is 1.94. The second-order valence-corrected chi connectivity index (χ2v) is 6.67. The quantitative estimate of drug-likeness (QED) is 0.835. The first kappa shape index (κ1) is 15.5. The van der Waals surface area contributed by atoms with Crippen LogP contribution in [0.25, 0.3) is 0 Å². The second kappa shape index (κ2) is 6.72. The number of ether oxygens (including phenoxy) is 1. The van der Waals surface area contributed by atoms with Gasteiger partial charge in [-0.05, 0) is 37.5 Å². The van der Waals surface area contributed by atoms with Crippen molar-refractivity contribution in [1.29, 1.82) is 0 Å². The van der Waals surface area contributed by atoms with E-state index in [4.69, 9.17) is 4.74 Å². The summed E-state index contributed by atoms with van der Waals surface area (Å²) in [4.78, 5) is 12.2. The fourth-order valence-electron chi connectivity index (χ4n) is 2.94. The molecule has 0 spiro atoms. The van der Waals surface area contributed by atoms with Crippen LogP contribution < -0.4 is 5.32 Å². The van der Waals surface area contributed by atoms with E-state index in [2.05, 4.69) is 21.2 Å². The van der Waals surface area contributed by atoms with Gasteiger partial charge in [-0.25, -0.2) is 0 Å². The Hall–Kier alpha value is -0.870. The molecule has 20 heavy (non-hydrogen) atoms. The number of nitrogens with one attached hydrogen (secondary N) is 1. The van der Waals surface area contributed by atoms with Gasteiger partial charge in [0.25, 0.3) is 0 Å². The maximum atomic E-state index is 12.2. The van der Waals surface area contributed by atoms with Gasteiger partial charge < -0.3 is 4.74 Å². The van der Waals surface area contributed by atoms with Gasteiger partial charge in [0.15, 0.2) is 0 Å². The summed E-state index contributed by atoms with van der Waals surface area (Å²) in [7, 11) is 1.46. The number of halogens is 1. The summed E-state index contributed by atoms with van der Waals surface area (Å²) in [6.07, 6.45) is 5.42. The lowest BCUT2D eigenvalue weighted by atomic mass is 9.91. The van der Waals surface area contributed by atoms with Crippen LogP contribution in [0.3, 0.4) is 0 Å². The van der Waals surface area contributed by atoms with Crippen LogP contribution in [0.15, 0.2) is 28.7 Å². The molecule has 1 aromatic carbocycles. The fraction of sp³-hybridized carbons (Fsp3) is 0.562. The van der Waals surface area contributed by atoms with E-state index in [-0.39, 0.29) is 5.97 Å². The highest BCUT2D eigenvalue weighted by Gasteiger charge is 2.37. The van der Waals surface area contributed by atoms with Crippen molar-refractivity contribution in [2.45, 2.75) is 50.6 Å². The number of benzene rings is 1. The highest BCUT2D eigenvalue weighted by molar-refractivity contribution is 9.10. The molecule has 0 bridgehead atoms. The SMILES string of the molecule is COC(=O)C(C)(Cc1ccc(Br)cc1)NC1CCCC1. The molecule has 1 atom stereocenters. The Morgan fingerprint density at radius 2 is 1.95 bits per heavy atom. The van der Waals surface area contributed by atoms with E-state index >= 15 is 0 Å². The Morgan fingerprint density at radius 3 is 2.50 bits per heavy atom. The van der Waals surface area contributed by atoms with Crippen LogP contribution in [-0.2, 0) is 16.0 Å². The number of carbonyl (C=O) groups excluding carboxylic acids is 1. The van der Waals surface area contributed by atoms with Crippen molar-refractivity contribution >= 4 is 21.9 Å². The number of carbonyl (C=O) groups is 1. The Kier molecular flexibility index (Phi) is 5.22. The molecule has 0 heterocycles. The summed E-state index contributed by atoms with van der Waals surface area (Å²) in [5.41, 5.74) is 0.476. The third kappa shape index (κ3) is 3.83. The minimum Gasteiger partial charge on any atom is -0.468 e. The van der Waals surface area contributed by atoms with E-state index < -0.39 is 5.54 Å². The summed E-state index contributed by atoms with van der Waals surface area (Å²) >= 11 is 3.43. The van der Waals surface area contributed by atoms with Crippen molar-refractivity contribution < 1.29 is 9.53 Å². The number of methoxy groups -OCH3 is 1. The molecule has 4 heteroatoms. The molecule has 3 nitrogen and oxygen atoms in total. The van der Waals surface area contributed by atoms with Gasteiger partial charge in [-0.15, -0.1) is 0 Å². The molecule has 110 valence electrons. The molecule has 1 aliphatic rings. The van der Waals surface area contributed by atoms with E-state index in [1.54, 1.807) is 0 Å². The average Bonchev–Trinajstić information content (AvgIpc) is 2.93. The van der Waals surface area contributed by atoms with Gasteiger partial charge in [0, 0.05) is 16.9 Å². The predicted octanol–water partition coefficient (Wildman–Crippen LogP) is 3.46. The van der Waals surface area contributed by atoms with E-state index in [1.807, 2.05) is 31.2 Å². The standard InChI is InChI=1S/C16H22BrNO2/c1-16(15(19)20-2,18-14-5-3-4-6-14)11-12-7-9-13(17)10-8-12/h7-10,14,18H,3-6,11H2,1-2H3. The predicted molar refractivity (Wildman–Crippen MR) is 83.7 cm³/mol. The van der Waals surface area contributed by atoms with Crippen molar-refractivity contribution in [2.75, 3.05) is 7.11 Å². The summed E-state index contributed by atoms with van der Waals surface area (Å²) in [5.74, 6) is -0.188. The van der Waals surface area contributed by atoms with E-state index in [9.17, 15) is 4.79 Å². The molecule has 0 radical (unpaired) electrons. The van der Waals surface area contributed by atoms with Crippen molar-refractivity contribution in [3.05, 3.63) is 34.3 Å². The van der Waals surface area contributed by atoms with Crippen LogP contribution in [0, 0.1) is 0 Å². The Labute approximate surface area is 129 Å². The lowest BCUT2D eigenvalue weighted by Gasteiger charge is -2.31. The van der Waals surface area contributed by atoms with Gasteiger partial charge in [0.2, 0.25) is 0 Å². The first-order valence-corrected chi connectivity index (χ1v) is 7.93. The molecular formula is C16H22BrNO2. The number of hydrogen-bond donors (Lipinski definition) is 1. The van der Waals surface area contributed by atoms with Crippen molar-refractivity contribution in [2.24, 2.45) is 0 Å². The van der Waals surface area contributed by atoms with Gasteiger partial charge >= 0.3 is 5.97 Å². The molecule has 0 aliphatic heterocycles. The third-order valence-electron chi connectivity index (χ3n) is 3.98. The molecule has 1 N–H and O–H groups in total. The van der Waals surface area contributed by atoms with Crippen LogP contribution in [0.5, 0.6) is 0 Å². The van der Waals surface area contributed by atoms with E-state index in [0.29, 0.717) is 12.5 Å². The number of rotatable bonds is 5. The lowest BCUT2D eigenvalue weighted by molar-refractivity contribution is -0.148. The lowest BCUT2D eigenvalue weighted by Crippen LogP contribution is -2.55. The number of hydrogen-bond acceptors (Lipinski definition) is 3. The molecule has 1 aromatic rings. The molecule has 0 saturated heterocycles. The maximum absolute atomic E-state index is 12.2. The molecule has 1 aliphatic carbocycles. The van der Waals surface area contributed by atoms with Crippen LogP contribution in [-0.4, -0.2) is 24.7 Å². The van der Waals surface area contributed by atoms with Gasteiger partial charge in [0.05, 0.1) is 7.11 Å². The van der Waals surface area contributed by atoms with Gasteiger partial charge in [-0.2, -0.15) is 0 Å². The average molecular weight is 340 g/mol. The van der Waals surface area contributed by atoms with Crippen molar-refractivity contribution in [3.63, 3.8) is 0 Å². The normalized spacial score (nSPS) is 18.8. The van der Waals surface area contributed by atoms with Crippen LogP contribution in [0.2, 0.25) is 0 Å². The molecule has 0 amide bonds. The largest absolute Gasteiger partial charge is 0.468 e. The smallest absolute Gasteiger partial charge is 0.326 e. The Morgan fingerprint density at radius 1 is 1.35 bits per heavy atom. The zero-order valence-corrected chi connectivity index (χ0v) is 13.7. The molecular weight excluding hydrogens is 318 g/mol. The first-order valence-electron chi connectivity index (χ1n) is 7.14. The summed E-state index contributed by atoms with van der Waals surface area (Å²) < 4.78 is 6.06. The van der Waals surface area contributed by atoms with Gasteiger partial charge in [-0.3, -0.25) is 10.1 Å². The monoisotopic (exact) mass is 339 g/mol. The highest BCUT2D eigenvalue weighted by atomic mass is 79.9. The minimum absolute atomic E-state index is 0.188. The van der Waals surface area contributed by atoms with Crippen LogP contribution in [0.1, 0.15) is 38.2 Å². The maximum Gasteiger partial charge on any atom is 0.326 e. The molecule has 0 aromatic heterocycles.